The number of benzene rings is 3. The lowest BCUT2D eigenvalue weighted by Gasteiger charge is -2.44. The molecule has 4 rings (SSSR count). The molecule has 4 heteroatoms. The van der Waals surface area contributed by atoms with Crippen LogP contribution in [-0.4, -0.2) is 27.0 Å². The van der Waals surface area contributed by atoms with Gasteiger partial charge in [-0.15, -0.1) is 0 Å². The topological polar surface area (TPSA) is 35.5 Å². The largest absolute Gasteiger partial charge is 0.458 e. The third-order valence-corrected chi connectivity index (χ3v) is 11.9. The monoisotopic (exact) mass is 470 g/mol. The molecule has 0 N–H and O–H groups in total. The van der Waals surface area contributed by atoms with Crippen LogP contribution in [0.3, 0.4) is 0 Å². The quantitative estimate of drug-likeness (QED) is 0.250. The summed E-state index contributed by atoms with van der Waals surface area (Å²) in [6.45, 7) is 11.6. The van der Waals surface area contributed by atoms with Crippen molar-refractivity contribution in [3.8, 4) is 0 Å². The van der Waals surface area contributed by atoms with Gasteiger partial charge in [-0.1, -0.05) is 112 Å². The first-order valence-corrected chi connectivity index (χ1v) is 13.9. The van der Waals surface area contributed by atoms with Gasteiger partial charge < -0.3 is 9.16 Å². The Morgan fingerprint density at radius 3 is 1.88 bits per heavy atom. The number of hydrogen-bond donors (Lipinski definition) is 0. The molecule has 1 aliphatic carbocycles. The third-order valence-electron chi connectivity index (χ3n) is 6.89. The zero-order valence-electron chi connectivity index (χ0n) is 20.4. The van der Waals surface area contributed by atoms with E-state index in [1.165, 1.54) is 10.4 Å². The molecule has 1 fully saturated rings. The normalized spacial score (nSPS) is 18.6. The van der Waals surface area contributed by atoms with Crippen molar-refractivity contribution in [3.63, 3.8) is 0 Å². The van der Waals surface area contributed by atoms with Crippen LogP contribution in [0.1, 0.15) is 44.0 Å². The van der Waals surface area contributed by atoms with Crippen molar-refractivity contribution in [3.05, 3.63) is 109 Å². The number of esters is 1. The van der Waals surface area contributed by atoms with Crippen molar-refractivity contribution in [1.29, 1.82) is 0 Å². The molecule has 3 aromatic carbocycles. The van der Waals surface area contributed by atoms with Crippen molar-refractivity contribution < 1.29 is 14.0 Å². The van der Waals surface area contributed by atoms with Gasteiger partial charge in [-0.2, -0.15) is 0 Å². The summed E-state index contributed by atoms with van der Waals surface area (Å²) in [6, 6.07) is 30.4. The van der Waals surface area contributed by atoms with Crippen molar-refractivity contribution in [2.45, 2.75) is 44.8 Å². The van der Waals surface area contributed by atoms with E-state index in [4.69, 9.17) is 9.16 Å². The maximum atomic E-state index is 12.8. The molecule has 3 aromatic rings. The summed E-state index contributed by atoms with van der Waals surface area (Å²) in [6.07, 6.45) is 1.41. The minimum atomic E-state index is -2.66. The highest BCUT2D eigenvalue weighted by Gasteiger charge is 2.51. The molecule has 1 aliphatic rings. The summed E-state index contributed by atoms with van der Waals surface area (Å²) in [5.74, 6) is -0.301. The molecule has 176 valence electrons. The molecule has 1 saturated carbocycles. The maximum absolute atomic E-state index is 12.8. The molecule has 0 aromatic heterocycles. The molecule has 34 heavy (non-hydrogen) atoms. The van der Waals surface area contributed by atoms with Gasteiger partial charge in [0.05, 0.1) is 5.56 Å². The van der Waals surface area contributed by atoms with Gasteiger partial charge in [-0.05, 0) is 40.4 Å². The first-order valence-electron chi connectivity index (χ1n) is 12.0. The highest BCUT2D eigenvalue weighted by molar-refractivity contribution is 6.99. The Balaban J connectivity index is 1.64. The molecule has 0 amide bonds. The number of ether oxygens (including phenoxy) is 1. The highest BCUT2D eigenvalue weighted by Crippen LogP contribution is 2.39. The van der Waals surface area contributed by atoms with Crippen LogP contribution in [0.2, 0.25) is 5.04 Å². The van der Waals surface area contributed by atoms with Crippen LogP contribution >= 0.6 is 0 Å². The summed E-state index contributed by atoms with van der Waals surface area (Å²) in [5, 5.41) is 2.39. The fraction of sp³-hybridized carbons (Fsp3) is 0.300. The molecule has 2 atom stereocenters. The highest BCUT2D eigenvalue weighted by atomic mass is 28.4. The number of carbonyl (C=O) groups excluding carboxylic acids is 1. The molecule has 0 heterocycles. The van der Waals surface area contributed by atoms with Crippen LogP contribution in [0.25, 0.3) is 0 Å². The van der Waals surface area contributed by atoms with E-state index in [0.29, 0.717) is 12.2 Å². The fourth-order valence-electron chi connectivity index (χ4n) is 5.10. The van der Waals surface area contributed by atoms with E-state index in [2.05, 4.69) is 75.9 Å². The summed E-state index contributed by atoms with van der Waals surface area (Å²) < 4.78 is 13.1. The van der Waals surface area contributed by atoms with Crippen LogP contribution in [-0.2, 0) is 9.16 Å². The molecule has 1 unspecified atom stereocenters. The van der Waals surface area contributed by atoms with Gasteiger partial charge in [0, 0.05) is 12.5 Å². The van der Waals surface area contributed by atoms with Gasteiger partial charge in [0.2, 0.25) is 0 Å². The Morgan fingerprint density at radius 1 is 0.882 bits per heavy atom. The molecule has 0 bridgehead atoms. The maximum Gasteiger partial charge on any atom is 0.338 e. The smallest absolute Gasteiger partial charge is 0.338 e. The third kappa shape index (κ3) is 4.79. The lowest BCUT2D eigenvalue weighted by Crippen LogP contribution is -2.67. The van der Waals surface area contributed by atoms with Crippen molar-refractivity contribution >= 4 is 24.7 Å². The van der Waals surface area contributed by atoms with Crippen LogP contribution in [0.15, 0.2) is 103 Å². The number of carbonyl (C=O) groups is 1. The average molecular weight is 471 g/mol. The minimum absolute atomic E-state index is 0.0192. The van der Waals surface area contributed by atoms with E-state index in [-0.39, 0.29) is 23.0 Å². The van der Waals surface area contributed by atoms with E-state index in [1.807, 2.05) is 30.3 Å². The Morgan fingerprint density at radius 2 is 1.38 bits per heavy atom. The van der Waals surface area contributed by atoms with Crippen LogP contribution in [0.5, 0.6) is 0 Å². The molecule has 0 aliphatic heterocycles. The summed E-state index contributed by atoms with van der Waals surface area (Å²) >= 11 is 0. The fourth-order valence-corrected chi connectivity index (χ4v) is 9.68. The van der Waals surface area contributed by atoms with Gasteiger partial charge in [0.1, 0.15) is 6.10 Å². The van der Waals surface area contributed by atoms with E-state index in [1.54, 1.807) is 12.1 Å². The Bertz CT molecular complexity index is 1060. The predicted molar refractivity (Wildman–Crippen MR) is 141 cm³/mol. The summed E-state index contributed by atoms with van der Waals surface area (Å²) in [4.78, 5) is 12.8. The second kappa shape index (κ2) is 10.1. The van der Waals surface area contributed by atoms with Gasteiger partial charge >= 0.3 is 5.97 Å². The molecular formula is C30H34O3Si. The Labute approximate surface area is 204 Å². The average Bonchev–Trinajstić information content (AvgIpc) is 3.19. The van der Waals surface area contributed by atoms with Gasteiger partial charge in [0.25, 0.3) is 8.32 Å². The molecule has 3 nitrogen and oxygen atoms in total. The van der Waals surface area contributed by atoms with Crippen molar-refractivity contribution in [2.75, 3.05) is 6.61 Å². The lowest BCUT2D eigenvalue weighted by molar-refractivity contribution is 0.0173. The Kier molecular flexibility index (Phi) is 7.20. The zero-order chi connectivity index (χ0) is 24.2. The van der Waals surface area contributed by atoms with E-state index < -0.39 is 8.32 Å². The van der Waals surface area contributed by atoms with Crippen LogP contribution < -0.4 is 10.4 Å². The SMILES string of the molecule is C=C1CC[C@H](OC(=O)c2ccccc2)C1CO[Si](c1ccccc1)(c1ccccc1)C(C)(C)C. The minimum Gasteiger partial charge on any atom is -0.458 e. The lowest BCUT2D eigenvalue weighted by atomic mass is 10.0. The Hall–Kier alpha value is -2.95. The van der Waals surface area contributed by atoms with E-state index in [9.17, 15) is 4.79 Å². The van der Waals surface area contributed by atoms with Gasteiger partial charge in [-0.3, -0.25) is 0 Å². The van der Waals surface area contributed by atoms with Gasteiger partial charge in [-0.25, -0.2) is 4.79 Å². The molecule has 0 saturated heterocycles. The zero-order valence-corrected chi connectivity index (χ0v) is 21.4. The second-order valence-corrected chi connectivity index (χ2v) is 14.4. The standard InChI is InChI=1S/C30H34O3Si/c1-23-20-21-28(33-29(31)24-14-8-5-9-15-24)27(23)22-32-34(30(2,3)4,25-16-10-6-11-17-25)26-18-12-7-13-19-26/h5-19,27-28H,1,20-22H2,2-4H3/t27?,28-/m0/s1. The van der Waals surface area contributed by atoms with E-state index in [0.717, 1.165) is 18.4 Å². The second-order valence-electron chi connectivity index (χ2n) is 10.1. The summed E-state index contributed by atoms with van der Waals surface area (Å²) in [5.41, 5.74) is 1.68. The molecular weight excluding hydrogens is 436 g/mol. The van der Waals surface area contributed by atoms with Crippen molar-refractivity contribution in [1.82, 2.24) is 0 Å². The molecule has 0 spiro atoms. The summed E-state index contributed by atoms with van der Waals surface area (Å²) in [7, 11) is -2.66. The predicted octanol–water partition coefficient (Wildman–Crippen LogP) is 5.75. The van der Waals surface area contributed by atoms with Crippen molar-refractivity contribution in [2.24, 2.45) is 5.92 Å². The molecule has 0 radical (unpaired) electrons. The first kappa shape index (κ1) is 24.2. The van der Waals surface area contributed by atoms with Crippen LogP contribution in [0, 0.1) is 5.92 Å². The number of hydrogen-bond acceptors (Lipinski definition) is 3. The van der Waals surface area contributed by atoms with Crippen LogP contribution in [0.4, 0.5) is 0 Å². The first-order chi connectivity index (χ1) is 16.3. The van der Waals surface area contributed by atoms with Gasteiger partial charge in [0.15, 0.2) is 0 Å². The van der Waals surface area contributed by atoms with E-state index >= 15 is 0 Å². The number of rotatable bonds is 7.